The van der Waals surface area contributed by atoms with Crippen LogP contribution in [0.15, 0.2) is 29.8 Å². The number of hydrogen-bond donors (Lipinski definition) is 0. The first kappa shape index (κ1) is 18.4. The van der Waals surface area contributed by atoms with E-state index in [1.165, 1.54) is 16.9 Å². The molecular formula is C21H27N3O2S. The maximum Gasteiger partial charge on any atom is 0.265 e. The van der Waals surface area contributed by atoms with Gasteiger partial charge in [0.1, 0.15) is 16.2 Å². The summed E-state index contributed by atoms with van der Waals surface area (Å²) in [6.45, 7) is 3.75. The Bertz CT molecular complexity index is 826. The Balaban J connectivity index is 1.46. The van der Waals surface area contributed by atoms with Crippen LogP contribution in [-0.2, 0) is 6.54 Å². The molecule has 0 atom stereocenters. The molecular weight excluding hydrogens is 358 g/mol. The number of aromatic nitrogens is 1. The topological polar surface area (TPSA) is 45.7 Å². The fourth-order valence-corrected chi connectivity index (χ4v) is 5.23. The van der Waals surface area contributed by atoms with Crippen molar-refractivity contribution in [3.05, 3.63) is 45.9 Å². The summed E-state index contributed by atoms with van der Waals surface area (Å²) in [6.07, 6.45) is 3.87. The lowest BCUT2D eigenvalue weighted by Gasteiger charge is -2.43. The standard InChI is InChI=1S/C21H27N3O2S/c1-15-19(27-14-22-15)20(25)24(3)17-8-10-21(11-9-17)13-23(2)12-16-6-4-5-7-18(16)26-21/h4-7,14,17H,8-13H2,1-3H3. The van der Waals surface area contributed by atoms with E-state index in [0.29, 0.717) is 0 Å². The number of fused-ring (bicyclic) bond motifs is 1. The number of likely N-dealkylation sites (N-methyl/N-ethyl adjacent to an activating group) is 1. The average Bonchev–Trinajstić information content (AvgIpc) is 3.02. The molecule has 0 radical (unpaired) electrons. The van der Waals surface area contributed by atoms with Gasteiger partial charge in [-0.1, -0.05) is 18.2 Å². The lowest BCUT2D eigenvalue weighted by Crippen LogP contribution is -2.51. The van der Waals surface area contributed by atoms with Crippen LogP contribution < -0.4 is 4.74 Å². The first-order valence-corrected chi connectivity index (χ1v) is 10.5. The second kappa shape index (κ2) is 7.24. The summed E-state index contributed by atoms with van der Waals surface area (Å²) in [5.74, 6) is 1.12. The van der Waals surface area contributed by atoms with E-state index in [9.17, 15) is 4.79 Å². The van der Waals surface area contributed by atoms with E-state index in [4.69, 9.17) is 4.74 Å². The molecule has 0 saturated heterocycles. The average molecular weight is 386 g/mol. The van der Waals surface area contributed by atoms with Crippen LogP contribution >= 0.6 is 11.3 Å². The summed E-state index contributed by atoms with van der Waals surface area (Å²) in [7, 11) is 4.10. The predicted octanol–water partition coefficient (Wildman–Crippen LogP) is 3.73. The first-order valence-electron chi connectivity index (χ1n) is 9.60. The van der Waals surface area contributed by atoms with Gasteiger partial charge in [-0.05, 0) is 45.7 Å². The van der Waals surface area contributed by atoms with Crippen molar-refractivity contribution in [1.29, 1.82) is 0 Å². The highest BCUT2D eigenvalue weighted by molar-refractivity contribution is 7.11. The minimum absolute atomic E-state index is 0.0974. The van der Waals surface area contributed by atoms with Crippen molar-refractivity contribution >= 4 is 17.2 Å². The number of thiazole rings is 1. The fraction of sp³-hybridized carbons (Fsp3) is 0.524. The summed E-state index contributed by atoms with van der Waals surface area (Å²) in [5, 5.41) is 0. The number of para-hydroxylation sites is 1. The summed E-state index contributed by atoms with van der Waals surface area (Å²) in [5.41, 5.74) is 3.68. The molecule has 144 valence electrons. The second-order valence-electron chi connectivity index (χ2n) is 7.98. The number of amides is 1. The van der Waals surface area contributed by atoms with E-state index in [-0.39, 0.29) is 17.6 Å². The molecule has 1 aliphatic carbocycles. The first-order chi connectivity index (χ1) is 13.0. The van der Waals surface area contributed by atoms with Crippen LogP contribution in [0, 0.1) is 6.92 Å². The van der Waals surface area contributed by atoms with Crippen molar-refractivity contribution in [2.24, 2.45) is 0 Å². The van der Waals surface area contributed by atoms with Gasteiger partial charge in [0.25, 0.3) is 5.91 Å². The molecule has 6 heteroatoms. The molecule has 0 N–H and O–H groups in total. The molecule has 2 aromatic rings. The molecule has 0 bridgehead atoms. The molecule has 1 fully saturated rings. The van der Waals surface area contributed by atoms with Crippen LogP contribution in [0.2, 0.25) is 0 Å². The van der Waals surface area contributed by atoms with Crippen molar-refractivity contribution < 1.29 is 9.53 Å². The zero-order valence-corrected chi connectivity index (χ0v) is 17.1. The number of ether oxygens (including phenoxy) is 1. The van der Waals surface area contributed by atoms with Crippen molar-refractivity contribution in [2.45, 2.75) is 50.8 Å². The molecule has 5 nitrogen and oxygen atoms in total. The Morgan fingerprint density at radius 1 is 1.33 bits per heavy atom. The Morgan fingerprint density at radius 3 is 2.78 bits per heavy atom. The molecule has 1 spiro atoms. The van der Waals surface area contributed by atoms with Gasteiger partial charge in [-0.2, -0.15) is 0 Å². The van der Waals surface area contributed by atoms with Crippen LogP contribution in [0.4, 0.5) is 0 Å². The Morgan fingerprint density at radius 2 is 2.07 bits per heavy atom. The number of carbonyl (C=O) groups excluding carboxylic acids is 1. The minimum Gasteiger partial charge on any atom is -0.486 e. The maximum absolute atomic E-state index is 12.8. The van der Waals surface area contributed by atoms with Crippen molar-refractivity contribution in [2.75, 3.05) is 20.6 Å². The van der Waals surface area contributed by atoms with Crippen LogP contribution in [0.5, 0.6) is 5.75 Å². The third-order valence-corrected chi connectivity index (χ3v) is 6.89. The smallest absolute Gasteiger partial charge is 0.265 e. The van der Waals surface area contributed by atoms with E-state index >= 15 is 0 Å². The lowest BCUT2D eigenvalue weighted by atomic mass is 9.81. The van der Waals surface area contributed by atoms with Gasteiger partial charge in [-0.15, -0.1) is 11.3 Å². The normalized spacial score (nSPS) is 25.5. The van der Waals surface area contributed by atoms with Gasteiger partial charge in [-0.25, -0.2) is 4.98 Å². The van der Waals surface area contributed by atoms with Crippen LogP contribution in [0.3, 0.4) is 0 Å². The lowest BCUT2D eigenvalue weighted by molar-refractivity contribution is -0.00837. The Hall–Kier alpha value is -1.92. The van der Waals surface area contributed by atoms with Gasteiger partial charge >= 0.3 is 0 Å². The van der Waals surface area contributed by atoms with Gasteiger partial charge in [0.2, 0.25) is 0 Å². The highest BCUT2D eigenvalue weighted by Gasteiger charge is 2.42. The second-order valence-corrected chi connectivity index (χ2v) is 8.83. The fourth-order valence-electron chi connectivity index (χ4n) is 4.45. The molecule has 1 aromatic heterocycles. The molecule has 2 heterocycles. The number of benzene rings is 1. The Labute approximate surface area is 165 Å². The van der Waals surface area contributed by atoms with Crippen molar-refractivity contribution in [3.63, 3.8) is 0 Å². The van der Waals surface area contributed by atoms with Crippen LogP contribution in [-0.4, -0.2) is 53.0 Å². The zero-order valence-electron chi connectivity index (χ0n) is 16.3. The van der Waals surface area contributed by atoms with E-state index in [1.54, 1.807) is 5.51 Å². The number of nitrogens with zero attached hydrogens (tertiary/aromatic N) is 3. The number of aryl methyl sites for hydroxylation is 1. The summed E-state index contributed by atoms with van der Waals surface area (Å²) in [4.78, 5) is 22.1. The molecule has 1 saturated carbocycles. The number of carbonyl (C=O) groups is 1. The molecule has 1 amide bonds. The van der Waals surface area contributed by atoms with Crippen LogP contribution in [0.25, 0.3) is 0 Å². The van der Waals surface area contributed by atoms with E-state index < -0.39 is 0 Å². The predicted molar refractivity (Wildman–Crippen MR) is 107 cm³/mol. The van der Waals surface area contributed by atoms with Crippen molar-refractivity contribution in [3.8, 4) is 5.75 Å². The van der Waals surface area contributed by atoms with Gasteiger partial charge in [0.15, 0.2) is 0 Å². The number of hydrogen-bond acceptors (Lipinski definition) is 5. The molecule has 1 aliphatic heterocycles. The van der Waals surface area contributed by atoms with Gasteiger partial charge in [0, 0.05) is 31.7 Å². The van der Waals surface area contributed by atoms with E-state index in [1.807, 2.05) is 24.9 Å². The zero-order chi connectivity index (χ0) is 19.0. The highest BCUT2D eigenvalue weighted by Crippen LogP contribution is 2.39. The van der Waals surface area contributed by atoms with E-state index in [2.05, 4.69) is 35.1 Å². The van der Waals surface area contributed by atoms with Gasteiger partial charge in [0.05, 0.1) is 11.2 Å². The minimum atomic E-state index is -0.151. The maximum atomic E-state index is 12.8. The molecule has 27 heavy (non-hydrogen) atoms. The molecule has 2 aliphatic rings. The third kappa shape index (κ3) is 3.60. The summed E-state index contributed by atoms with van der Waals surface area (Å²) >= 11 is 1.43. The molecule has 4 rings (SSSR count). The molecule has 0 unspecified atom stereocenters. The number of rotatable bonds is 2. The SMILES string of the molecule is Cc1ncsc1C(=O)N(C)C1CCC2(CC1)CN(C)Cc1ccccc1O2. The van der Waals surface area contributed by atoms with E-state index in [0.717, 1.165) is 55.1 Å². The van der Waals surface area contributed by atoms with Crippen LogP contribution in [0.1, 0.15) is 46.6 Å². The molecule has 1 aromatic carbocycles. The largest absolute Gasteiger partial charge is 0.486 e. The third-order valence-electron chi connectivity index (χ3n) is 5.97. The monoisotopic (exact) mass is 385 g/mol. The van der Waals surface area contributed by atoms with Gasteiger partial charge < -0.3 is 9.64 Å². The summed E-state index contributed by atoms with van der Waals surface area (Å²) < 4.78 is 6.58. The summed E-state index contributed by atoms with van der Waals surface area (Å²) in [6, 6.07) is 8.63. The quantitative estimate of drug-likeness (QED) is 0.790. The van der Waals surface area contributed by atoms with Crippen molar-refractivity contribution in [1.82, 2.24) is 14.8 Å². The van der Waals surface area contributed by atoms with Gasteiger partial charge in [-0.3, -0.25) is 9.69 Å². The Kier molecular flexibility index (Phi) is 4.95. The highest BCUT2D eigenvalue weighted by atomic mass is 32.1.